The largest absolute Gasteiger partial charge is 0.375 e. The molecule has 4 aromatic rings. The molecule has 4 rings (SSSR count). The van der Waals surface area contributed by atoms with E-state index in [4.69, 9.17) is 5.73 Å². The first-order valence-corrected chi connectivity index (χ1v) is 7.47. The van der Waals surface area contributed by atoms with Gasteiger partial charge in [-0.15, -0.1) is 12.4 Å². The number of pyridine rings is 1. The molecule has 0 amide bonds. The van der Waals surface area contributed by atoms with Gasteiger partial charge in [0, 0.05) is 11.6 Å². The molecule has 2 heterocycles. The van der Waals surface area contributed by atoms with Gasteiger partial charge in [0.05, 0.1) is 15.7 Å². The smallest absolute Gasteiger partial charge is 0.181 e. The van der Waals surface area contributed by atoms with Crippen LogP contribution in [0.2, 0.25) is 0 Å². The van der Waals surface area contributed by atoms with E-state index < -0.39 is 0 Å². The van der Waals surface area contributed by atoms with Gasteiger partial charge in [-0.1, -0.05) is 47.7 Å². The molecular formula is C17H16ClN3S. The Kier molecular flexibility index (Phi) is 5.31. The number of nitrogen functional groups attached to an aromatic ring is 1. The second kappa shape index (κ2) is 7.20. The van der Waals surface area contributed by atoms with Gasteiger partial charge in [-0.25, -0.2) is 4.98 Å². The second-order valence-electron chi connectivity index (χ2n) is 4.67. The minimum atomic E-state index is 0. The van der Waals surface area contributed by atoms with Crippen LogP contribution >= 0.6 is 23.7 Å². The summed E-state index contributed by atoms with van der Waals surface area (Å²) < 4.78 is 1.17. The lowest BCUT2D eigenvalue weighted by Crippen LogP contribution is -1.80. The number of hydrogen-bond acceptors (Lipinski definition) is 4. The summed E-state index contributed by atoms with van der Waals surface area (Å²) in [6, 6.07) is 18.2. The molecule has 5 heteroatoms. The van der Waals surface area contributed by atoms with E-state index in [1.807, 2.05) is 55.6 Å². The lowest BCUT2D eigenvalue weighted by molar-refractivity contribution is 1.41. The van der Waals surface area contributed by atoms with Gasteiger partial charge < -0.3 is 5.73 Å². The Morgan fingerprint density at radius 3 is 2.50 bits per heavy atom. The predicted octanol–water partition coefficient (Wildman–Crippen LogP) is 4.84. The second-order valence-corrected chi connectivity index (χ2v) is 5.73. The first kappa shape index (κ1) is 16.2. The Morgan fingerprint density at radius 1 is 0.955 bits per heavy atom. The molecule has 0 aliphatic rings. The zero-order chi connectivity index (χ0) is 14.7. The highest BCUT2D eigenvalue weighted by Crippen LogP contribution is 2.25. The number of rotatable bonds is 0. The fourth-order valence-electron chi connectivity index (χ4n) is 2.12. The molecule has 112 valence electrons. The van der Waals surface area contributed by atoms with Gasteiger partial charge >= 0.3 is 0 Å². The number of aromatic nitrogens is 2. The molecule has 0 unspecified atom stereocenters. The lowest BCUT2D eigenvalue weighted by atomic mass is 10.2. The average molecular weight is 330 g/mol. The van der Waals surface area contributed by atoms with E-state index in [-0.39, 0.29) is 12.4 Å². The predicted molar refractivity (Wildman–Crippen MR) is 97.8 cm³/mol. The summed E-state index contributed by atoms with van der Waals surface area (Å²) in [5, 5.41) is 1.85. The van der Waals surface area contributed by atoms with Crippen molar-refractivity contribution in [3.8, 4) is 0 Å². The third-order valence-electron chi connectivity index (χ3n) is 3.15. The highest BCUT2D eigenvalue weighted by atomic mass is 35.5. The normalized spacial score (nSPS) is 9.86. The third kappa shape index (κ3) is 3.53. The highest BCUT2D eigenvalue weighted by Gasteiger charge is 2.01. The van der Waals surface area contributed by atoms with Crippen LogP contribution in [0.5, 0.6) is 0 Å². The number of anilines is 1. The van der Waals surface area contributed by atoms with Crippen molar-refractivity contribution < 1.29 is 0 Å². The molecule has 0 fully saturated rings. The number of hydrogen-bond donors (Lipinski definition) is 1. The van der Waals surface area contributed by atoms with Crippen LogP contribution in [-0.4, -0.2) is 9.97 Å². The summed E-state index contributed by atoms with van der Waals surface area (Å²) in [6.45, 7) is 2.04. The molecule has 2 N–H and O–H groups in total. The van der Waals surface area contributed by atoms with Crippen molar-refractivity contribution in [3.63, 3.8) is 0 Å². The fraction of sp³-hybridized carbons (Fsp3) is 0.0588. The minimum absolute atomic E-state index is 0. The standard InChI is InChI=1S/C9H7N.C8H8N2S.ClH/c1-2-6-9-8(4-1)5-3-7-10-9;1-5-3-2-4-6-7(5)10-8(9)11-6;/h1-7H;2-4H,1H3,(H2,9,10);1H. The van der Waals surface area contributed by atoms with Crippen LogP contribution in [0.4, 0.5) is 5.13 Å². The molecule has 0 saturated heterocycles. The Hall–Kier alpha value is -2.17. The van der Waals surface area contributed by atoms with Crippen LogP contribution in [0.25, 0.3) is 21.1 Å². The van der Waals surface area contributed by atoms with Crippen molar-refractivity contribution in [1.82, 2.24) is 9.97 Å². The zero-order valence-electron chi connectivity index (χ0n) is 12.1. The van der Waals surface area contributed by atoms with Gasteiger partial charge in [0.25, 0.3) is 0 Å². The fourth-order valence-corrected chi connectivity index (χ4v) is 2.93. The number of fused-ring (bicyclic) bond motifs is 2. The maximum Gasteiger partial charge on any atom is 0.181 e. The monoisotopic (exact) mass is 329 g/mol. The number of para-hydroxylation sites is 2. The van der Waals surface area contributed by atoms with Crippen LogP contribution in [0, 0.1) is 6.92 Å². The number of aryl methyl sites for hydroxylation is 1. The topological polar surface area (TPSA) is 51.8 Å². The van der Waals surface area contributed by atoms with Crippen molar-refractivity contribution in [2.75, 3.05) is 5.73 Å². The Labute approximate surface area is 139 Å². The molecule has 2 aromatic carbocycles. The van der Waals surface area contributed by atoms with Crippen LogP contribution in [-0.2, 0) is 0 Å². The summed E-state index contributed by atoms with van der Waals surface area (Å²) >= 11 is 1.53. The average Bonchev–Trinajstić information content (AvgIpc) is 2.90. The van der Waals surface area contributed by atoms with Gasteiger partial charge in [0.1, 0.15) is 0 Å². The Bertz CT molecular complexity index is 824. The summed E-state index contributed by atoms with van der Waals surface area (Å²) in [5.74, 6) is 0. The van der Waals surface area contributed by atoms with Crippen molar-refractivity contribution in [1.29, 1.82) is 0 Å². The van der Waals surface area contributed by atoms with E-state index in [2.05, 4.69) is 22.1 Å². The van der Waals surface area contributed by atoms with Crippen molar-refractivity contribution in [3.05, 3.63) is 66.4 Å². The quantitative estimate of drug-likeness (QED) is 0.502. The SMILES string of the molecule is Cc1cccc2sc(N)nc12.Cl.c1ccc2ncccc2c1. The first-order valence-electron chi connectivity index (χ1n) is 6.65. The lowest BCUT2D eigenvalue weighted by Gasteiger charge is -1.91. The molecule has 2 aromatic heterocycles. The summed E-state index contributed by atoms with van der Waals surface area (Å²) in [6.07, 6.45) is 1.81. The van der Waals surface area contributed by atoms with E-state index in [0.29, 0.717) is 5.13 Å². The third-order valence-corrected chi connectivity index (χ3v) is 4.00. The number of thiazole rings is 1. The van der Waals surface area contributed by atoms with Crippen LogP contribution < -0.4 is 5.73 Å². The van der Waals surface area contributed by atoms with Gasteiger partial charge in [-0.3, -0.25) is 4.98 Å². The van der Waals surface area contributed by atoms with Gasteiger partial charge in [-0.05, 0) is 30.7 Å². The number of halogens is 1. The van der Waals surface area contributed by atoms with Crippen LogP contribution in [0.1, 0.15) is 5.56 Å². The molecule has 22 heavy (non-hydrogen) atoms. The van der Waals surface area contributed by atoms with Crippen LogP contribution in [0.15, 0.2) is 60.8 Å². The van der Waals surface area contributed by atoms with Gasteiger partial charge in [0.2, 0.25) is 0 Å². The zero-order valence-corrected chi connectivity index (χ0v) is 13.7. The number of benzene rings is 2. The summed E-state index contributed by atoms with van der Waals surface area (Å²) in [4.78, 5) is 8.39. The Morgan fingerprint density at radius 2 is 1.73 bits per heavy atom. The van der Waals surface area contributed by atoms with Gasteiger partial charge in [0.15, 0.2) is 5.13 Å². The Balaban J connectivity index is 0.000000154. The van der Waals surface area contributed by atoms with E-state index in [0.717, 1.165) is 11.0 Å². The van der Waals surface area contributed by atoms with Gasteiger partial charge in [-0.2, -0.15) is 0 Å². The van der Waals surface area contributed by atoms with Crippen molar-refractivity contribution >= 4 is 50.0 Å². The molecule has 0 spiro atoms. The maximum atomic E-state index is 5.57. The van der Waals surface area contributed by atoms with E-state index >= 15 is 0 Å². The first-order chi connectivity index (χ1) is 10.2. The molecular weight excluding hydrogens is 314 g/mol. The molecule has 0 bridgehead atoms. The highest BCUT2D eigenvalue weighted by molar-refractivity contribution is 7.22. The minimum Gasteiger partial charge on any atom is -0.375 e. The number of nitrogens with zero attached hydrogens (tertiary/aromatic N) is 2. The van der Waals surface area contributed by atoms with Crippen molar-refractivity contribution in [2.45, 2.75) is 6.92 Å². The van der Waals surface area contributed by atoms with Crippen LogP contribution in [0.3, 0.4) is 0 Å². The molecule has 0 aliphatic heterocycles. The number of nitrogens with two attached hydrogens (primary N) is 1. The van der Waals surface area contributed by atoms with E-state index in [9.17, 15) is 0 Å². The molecule has 0 saturated carbocycles. The summed E-state index contributed by atoms with van der Waals surface area (Å²) in [5.41, 5.74) is 8.85. The van der Waals surface area contributed by atoms with Crippen molar-refractivity contribution in [2.24, 2.45) is 0 Å². The molecule has 3 nitrogen and oxygen atoms in total. The van der Waals surface area contributed by atoms with E-state index in [1.54, 1.807) is 0 Å². The molecule has 0 radical (unpaired) electrons. The molecule has 0 atom stereocenters. The maximum absolute atomic E-state index is 5.57. The summed E-state index contributed by atoms with van der Waals surface area (Å²) in [7, 11) is 0. The molecule has 0 aliphatic carbocycles. The van der Waals surface area contributed by atoms with E-state index in [1.165, 1.54) is 27.0 Å².